The molecule has 0 aromatic carbocycles. The van der Waals surface area contributed by atoms with Gasteiger partial charge in [0.2, 0.25) is 0 Å². The predicted octanol–water partition coefficient (Wildman–Crippen LogP) is 3.92. The van der Waals surface area contributed by atoms with Gasteiger partial charge in [-0.2, -0.15) is 0 Å². The number of carboxylic acids is 1. The van der Waals surface area contributed by atoms with Gasteiger partial charge in [0.05, 0.1) is 17.8 Å². The summed E-state index contributed by atoms with van der Waals surface area (Å²) in [5.41, 5.74) is 2.01. The number of hydrogen-bond donors (Lipinski definition) is 2. The van der Waals surface area contributed by atoms with E-state index in [0.717, 1.165) is 31.2 Å². The largest absolute Gasteiger partial charge is 0.481 e. The van der Waals surface area contributed by atoms with Crippen molar-refractivity contribution >= 4 is 17.9 Å². The SMILES string of the molecule is Cc1nc(-c2nnn(C)c2NC(=O)OC(C)C2CCCC2)ccc1C#CC1(CC(=O)O)CC1. The van der Waals surface area contributed by atoms with Crippen LogP contribution in [0.25, 0.3) is 11.4 Å². The van der Waals surface area contributed by atoms with Crippen molar-refractivity contribution < 1.29 is 19.4 Å². The van der Waals surface area contributed by atoms with Crippen molar-refractivity contribution in [2.45, 2.75) is 64.9 Å². The van der Waals surface area contributed by atoms with Crippen LogP contribution in [0.15, 0.2) is 12.1 Å². The summed E-state index contributed by atoms with van der Waals surface area (Å²) in [7, 11) is 1.69. The lowest BCUT2D eigenvalue weighted by Gasteiger charge is -2.19. The molecule has 9 nitrogen and oxygen atoms in total. The monoisotopic (exact) mass is 451 g/mol. The molecule has 4 rings (SSSR count). The van der Waals surface area contributed by atoms with Crippen molar-refractivity contribution in [2.75, 3.05) is 5.32 Å². The normalized spacial score (nSPS) is 17.7. The van der Waals surface area contributed by atoms with Crippen LogP contribution in [0.2, 0.25) is 0 Å². The molecule has 2 aromatic heterocycles. The van der Waals surface area contributed by atoms with Crippen molar-refractivity contribution in [3.05, 3.63) is 23.4 Å². The van der Waals surface area contributed by atoms with Gasteiger partial charge in [-0.1, -0.05) is 29.9 Å². The van der Waals surface area contributed by atoms with Crippen LogP contribution in [0.1, 0.15) is 63.1 Å². The van der Waals surface area contributed by atoms with Gasteiger partial charge in [-0.3, -0.25) is 10.1 Å². The molecule has 0 bridgehead atoms. The summed E-state index contributed by atoms with van der Waals surface area (Å²) in [5, 5.41) is 20.0. The molecule has 0 radical (unpaired) electrons. The number of aromatic nitrogens is 4. The standard InChI is InChI=1S/C24H29N5O4/c1-15-17(10-11-24(12-13-24)14-20(30)31)8-9-19(25-15)21-22(29(3)28-27-21)26-23(32)33-16(2)18-6-4-5-7-18/h8-9,16,18H,4-7,12-14H2,1-3H3,(H,26,32)(H,30,31). The molecule has 2 saturated carbocycles. The average molecular weight is 452 g/mol. The molecule has 33 heavy (non-hydrogen) atoms. The minimum Gasteiger partial charge on any atom is -0.481 e. The number of amides is 1. The Morgan fingerprint density at radius 2 is 2.06 bits per heavy atom. The van der Waals surface area contributed by atoms with E-state index < -0.39 is 17.5 Å². The lowest BCUT2D eigenvalue weighted by molar-refractivity contribution is -0.137. The van der Waals surface area contributed by atoms with Gasteiger partial charge >= 0.3 is 12.1 Å². The Morgan fingerprint density at radius 1 is 1.33 bits per heavy atom. The van der Waals surface area contributed by atoms with E-state index in [1.165, 1.54) is 17.5 Å². The number of hydrogen-bond acceptors (Lipinski definition) is 6. The third-order valence-corrected chi connectivity index (χ3v) is 6.54. The van der Waals surface area contributed by atoms with Crippen molar-refractivity contribution in [2.24, 2.45) is 18.4 Å². The van der Waals surface area contributed by atoms with E-state index in [4.69, 9.17) is 9.84 Å². The molecule has 2 heterocycles. The van der Waals surface area contributed by atoms with Gasteiger partial charge in [-0.25, -0.2) is 14.5 Å². The molecule has 2 N–H and O–H groups in total. The Balaban J connectivity index is 1.48. The first-order valence-corrected chi connectivity index (χ1v) is 11.4. The number of aryl methyl sites for hydroxylation is 2. The first kappa shape index (κ1) is 22.8. The molecule has 9 heteroatoms. The Labute approximate surface area is 192 Å². The van der Waals surface area contributed by atoms with E-state index in [1.54, 1.807) is 13.1 Å². The molecule has 2 aliphatic carbocycles. The number of anilines is 1. The first-order valence-electron chi connectivity index (χ1n) is 11.4. The van der Waals surface area contributed by atoms with Gasteiger partial charge in [-0.15, -0.1) is 5.10 Å². The second-order valence-corrected chi connectivity index (χ2v) is 9.12. The Morgan fingerprint density at radius 3 is 2.70 bits per heavy atom. The second-order valence-electron chi connectivity index (χ2n) is 9.12. The zero-order valence-corrected chi connectivity index (χ0v) is 19.2. The van der Waals surface area contributed by atoms with Crippen LogP contribution < -0.4 is 5.32 Å². The van der Waals surface area contributed by atoms with E-state index in [9.17, 15) is 9.59 Å². The minimum atomic E-state index is -0.828. The summed E-state index contributed by atoms with van der Waals surface area (Å²) in [6.45, 7) is 3.77. The lowest BCUT2D eigenvalue weighted by atomic mass is 10.0. The van der Waals surface area contributed by atoms with Crippen molar-refractivity contribution in [3.8, 4) is 23.2 Å². The van der Waals surface area contributed by atoms with Gasteiger partial charge in [0.25, 0.3) is 0 Å². The van der Waals surface area contributed by atoms with E-state index in [0.29, 0.717) is 28.8 Å². The Kier molecular flexibility index (Phi) is 6.36. The predicted molar refractivity (Wildman–Crippen MR) is 121 cm³/mol. The molecule has 0 spiro atoms. The molecule has 0 aliphatic heterocycles. The van der Waals surface area contributed by atoms with Crippen molar-refractivity contribution in [1.82, 2.24) is 20.0 Å². The van der Waals surface area contributed by atoms with Crippen LogP contribution >= 0.6 is 0 Å². The number of carbonyl (C=O) groups excluding carboxylic acids is 1. The van der Waals surface area contributed by atoms with Crippen LogP contribution in [0.4, 0.5) is 10.6 Å². The van der Waals surface area contributed by atoms with Crippen molar-refractivity contribution in [1.29, 1.82) is 0 Å². The fraction of sp³-hybridized carbons (Fsp3) is 0.542. The molecular weight excluding hydrogens is 422 g/mol. The Hall–Kier alpha value is -3.41. The van der Waals surface area contributed by atoms with Crippen LogP contribution in [0.3, 0.4) is 0 Å². The minimum absolute atomic E-state index is 0.0641. The molecular formula is C24H29N5O4. The smallest absolute Gasteiger partial charge is 0.413 e. The van der Waals surface area contributed by atoms with Gasteiger partial charge < -0.3 is 9.84 Å². The zero-order valence-electron chi connectivity index (χ0n) is 19.2. The second kappa shape index (κ2) is 9.22. The maximum atomic E-state index is 12.5. The summed E-state index contributed by atoms with van der Waals surface area (Å²) in [6, 6.07) is 3.61. The van der Waals surface area contributed by atoms with Crippen LogP contribution in [0, 0.1) is 30.1 Å². The molecule has 1 unspecified atom stereocenters. The number of carboxylic acid groups (broad SMARTS) is 1. The van der Waals surface area contributed by atoms with Crippen molar-refractivity contribution in [3.63, 3.8) is 0 Å². The molecule has 2 aromatic rings. The van der Waals surface area contributed by atoms with Gasteiger partial charge in [0, 0.05) is 18.0 Å². The maximum absolute atomic E-state index is 12.5. The molecule has 1 amide bonds. The summed E-state index contributed by atoms with van der Waals surface area (Å²) >= 11 is 0. The topological polar surface area (TPSA) is 119 Å². The number of carbonyl (C=O) groups is 2. The molecule has 2 aliphatic rings. The number of aliphatic carboxylic acids is 1. The van der Waals surface area contributed by atoms with Crippen LogP contribution in [-0.4, -0.2) is 43.3 Å². The fourth-order valence-electron chi connectivity index (χ4n) is 4.30. The van der Waals surface area contributed by atoms with Gasteiger partial charge in [0.1, 0.15) is 6.10 Å². The molecule has 2 fully saturated rings. The molecule has 174 valence electrons. The number of ether oxygens (including phenoxy) is 1. The maximum Gasteiger partial charge on any atom is 0.413 e. The lowest BCUT2D eigenvalue weighted by Crippen LogP contribution is -2.26. The highest BCUT2D eigenvalue weighted by Crippen LogP contribution is 2.48. The number of nitrogens with zero attached hydrogens (tertiary/aromatic N) is 4. The summed E-state index contributed by atoms with van der Waals surface area (Å²) in [5.74, 6) is 6.20. The van der Waals surface area contributed by atoms with E-state index >= 15 is 0 Å². The van der Waals surface area contributed by atoms with Gasteiger partial charge in [0.15, 0.2) is 11.5 Å². The van der Waals surface area contributed by atoms with Crippen LogP contribution in [-0.2, 0) is 16.6 Å². The highest BCUT2D eigenvalue weighted by molar-refractivity contribution is 5.88. The highest BCUT2D eigenvalue weighted by atomic mass is 16.6. The number of nitrogens with one attached hydrogen (secondary N) is 1. The van der Waals surface area contributed by atoms with E-state index in [-0.39, 0.29) is 12.5 Å². The Bertz CT molecular complexity index is 1120. The summed E-state index contributed by atoms with van der Waals surface area (Å²) in [6.07, 6.45) is 5.53. The third kappa shape index (κ3) is 5.33. The summed E-state index contributed by atoms with van der Waals surface area (Å²) in [4.78, 5) is 28.2. The third-order valence-electron chi connectivity index (χ3n) is 6.54. The number of pyridine rings is 1. The quantitative estimate of drug-likeness (QED) is 0.639. The first-order chi connectivity index (χ1) is 15.8. The zero-order chi connectivity index (χ0) is 23.6. The van der Waals surface area contributed by atoms with Gasteiger partial charge in [-0.05, 0) is 57.6 Å². The number of rotatable bonds is 6. The highest BCUT2D eigenvalue weighted by Gasteiger charge is 2.43. The molecule has 0 saturated heterocycles. The average Bonchev–Trinajstić information content (AvgIpc) is 3.14. The fourth-order valence-corrected chi connectivity index (χ4v) is 4.30. The van der Waals surface area contributed by atoms with E-state index in [1.807, 2.05) is 19.9 Å². The van der Waals surface area contributed by atoms with Crippen LogP contribution in [0.5, 0.6) is 0 Å². The summed E-state index contributed by atoms with van der Waals surface area (Å²) < 4.78 is 7.07. The molecule has 1 atom stereocenters. The van der Waals surface area contributed by atoms with E-state index in [2.05, 4.69) is 32.5 Å².